The monoisotopic (exact) mass is 273 g/mol. The third kappa shape index (κ3) is 17.8. The molecule has 76 valence electrons. The number of esters is 1. The molecule has 0 aromatic heterocycles. The molecule has 3 nitrogen and oxygen atoms in total. The van der Waals surface area contributed by atoms with Gasteiger partial charge in [-0.1, -0.05) is 13.8 Å². The van der Waals surface area contributed by atoms with E-state index in [0.29, 0.717) is 0 Å². The topological polar surface area (TPSA) is 43.4 Å². The molecule has 0 aliphatic heterocycles. The maximum absolute atomic E-state index is 10.5. The Kier molecular flexibility index (Phi) is 17.8. The van der Waals surface area contributed by atoms with E-state index in [1.54, 1.807) is 13.2 Å². The standard InChI is InChI=1S/C6H9O3.C4H7.Y/c1-5(3-4-7)6(8)9-2;1-4(2)3;/h5H,3H2,1-2H3;1-2H2,3H3;/q2*-1;+3. The van der Waals surface area contributed by atoms with Crippen LogP contribution in [0.15, 0.2) is 12.2 Å². The number of carbonyl (C=O) groups excluding carboxylic acids is 2. The predicted octanol–water partition coefficient (Wildman–Crippen LogP) is 1.69. The Labute approximate surface area is 111 Å². The van der Waals surface area contributed by atoms with E-state index in [9.17, 15) is 9.59 Å². The number of allylic oxidation sites excluding steroid dienone is 1. The van der Waals surface area contributed by atoms with Crippen LogP contribution in [0.3, 0.4) is 0 Å². The molecule has 0 N–H and O–H groups in total. The van der Waals surface area contributed by atoms with Crippen LogP contribution in [0.25, 0.3) is 0 Å². The van der Waals surface area contributed by atoms with E-state index in [4.69, 9.17) is 0 Å². The van der Waals surface area contributed by atoms with E-state index in [1.165, 1.54) is 7.11 Å². The molecule has 0 aromatic rings. The summed E-state index contributed by atoms with van der Waals surface area (Å²) in [6.45, 7) is 10.4. The first kappa shape index (κ1) is 19.4. The normalized spacial score (nSPS) is 9.64. The van der Waals surface area contributed by atoms with Crippen molar-refractivity contribution in [1.82, 2.24) is 0 Å². The summed E-state index contributed by atoms with van der Waals surface area (Å²) in [7, 11) is 1.30. The van der Waals surface area contributed by atoms with Gasteiger partial charge < -0.3 is 9.53 Å². The maximum atomic E-state index is 10.5. The van der Waals surface area contributed by atoms with E-state index in [1.807, 2.05) is 6.92 Å². The second-order valence-electron chi connectivity index (χ2n) is 2.73. The Morgan fingerprint density at radius 3 is 2.21 bits per heavy atom. The fourth-order valence-corrected chi connectivity index (χ4v) is 0.410. The molecule has 0 fully saturated rings. The van der Waals surface area contributed by atoms with Crippen molar-refractivity contribution in [2.75, 3.05) is 7.11 Å². The van der Waals surface area contributed by atoms with Crippen LogP contribution in [0.1, 0.15) is 20.3 Å². The predicted molar refractivity (Wildman–Crippen MR) is 51.7 cm³/mol. The van der Waals surface area contributed by atoms with Crippen molar-refractivity contribution in [3.63, 3.8) is 0 Å². The Balaban J connectivity index is -0.000000209. The minimum atomic E-state index is -0.363. The Morgan fingerprint density at radius 1 is 1.64 bits per heavy atom. The largest absolute Gasteiger partial charge is 3.00 e. The Bertz CT molecular complexity index is 174. The smallest absolute Gasteiger partial charge is 0.542 e. The summed E-state index contributed by atoms with van der Waals surface area (Å²) < 4.78 is 4.35. The molecule has 0 heterocycles. The quantitative estimate of drug-likeness (QED) is 0.580. The van der Waals surface area contributed by atoms with Gasteiger partial charge in [0.05, 0.1) is 7.11 Å². The molecule has 0 aliphatic carbocycles. The van der Waals surface area contributed by atoms with Gasteiger partial charge >= 0.3 is 38.7 Å². The van der Waals surface area contributed by atoms with E-state index in [-0.39, 0.29) is 51.0 Å². The van der Waals surface area contributed by atoms with Gasteiger partial charge in [-0.25, -0.2) is 19.1 Å². The van der Waals surface area contributed by atoms with E-state index >= 15 is 0 Å². The van der Waals surface area contributed by atoms with Gasteiger partial charge in [-0.15, -0.1) is 6.42 Å². The molecule has 0 rings (SSSR count). The van der Waals surface area contributed by atoms with Crippen molar-refractivity contribution in [1.29, 1.82) is 0 Å². The molecule has 14 heavy (non-hydrogen) atoms. The van der Waals surface area contributed by atoms with Gasteiger partial charge in [0.25, 0.3) is 0 Å². The second-order valence-corrected chi connectivity index (χ2v) is 2.73. The molecule has 0 saturated carbocycles. The number of hydrogen-bond acceptors (Lipinski definition) is 3. The number of rotatable bonds is 3. The van der Waals surface area contributed by atoms with Crippen LogP contribution < -0.4 is 0 Å². The van der Waals surface area contributed by atoms with Crippen LogP contribution in [0.5, 0.6) is 0 Å². The summed E-state index contributed by atoms with van der Waals surface area (Å²) in [5, 5.41) is 0. The number of ether oxygens (including phenoxy) is 1. The summed E-state index contributed by atoms with van der Waals surface area (Å²) in [6, 6.07) is 0. The Morgan fingerprint density at radius 2 is 2.00 bits per heavy atom. The van der Waals surface area contributed by atoms with Crippen LogP contribution in [0, 0.1) is 12.8 Å². The van der Waals surface area contributed by atoms with Crippen molar-refractivity contribution in [3.05, 3.63) is 19.1 Å². The van der Waals surface area contributed by atoms with Crippen molar-refractivity contribution in [2.45, 2.75) is 20.3 Å². The van der Waals surface area contributed by atoms with Crippen LogP contribution in [0.4, 0.5) is 0 Å². The zero-order valence-corrected chi connectivity index (χ0v) is 11.8. The average molecular weight is 273 g/mol. The number of hydrogen-bond donors (Lipinski definition) is 0. The van der Waals surface area contributed by atoms with Gasteiger partial charge in [-0.05, 0) is 0 Å². The summed E-state index contributed by atoms with van der Waals surface area (Å²) in [4.78, 5) is 20.2. The van der Waals surface area contributed by atoms with E-state index in [0.717, 1.165) is 5.57 Å². The van der Waals surface area contributed by atoms with Crippen molar-refractivity contribution >= 4 is 12.3 Å². The molecular weight excluding hydrogens is 257 g/mol. The maximum Gasteiger partial charge on any atom is 3.00 e. The first-order valence-electron chi connectivity index (χ1n) is 3.86. The first-order chi connectivity index (χ1) is 5.95. The van der Waals surface area contributed by atoms with Crippen LogP contribution >= 0.6 is 0 Å². The molecule has 0 amide bonds. The molecule has 0 radical (unpaired) electrons. The molecule has 4 heteroatoms. The summed E-state index contributed by atoms with van der Waals surface area (Å²) in [5.74, 6) is -0.717. The van der Waals surface area contributed by atoms with E-state index < -0.39 is 0 Å². The SMILES string of the molecule is C=C([CH2-])C.COC(=O)C(C)C[C-]=O.[Y+3]. The van der Waals surface area contributed by atoms with Gasteiger partial charge in [0, 0.05) is 5.92 Å². The van der Waals surface area contributed by atoms with Gasteiger partial charge in [-0.3, -0.25) is 11.1 Å². The second kappa shape index (κ2) is 12.9. The Hall–Kier alpha value is -0.146. The van der Waals surface area contributed by atoms with Crippen LogP contribution in [-0.4, -0.2) is 19.4 Å². The van der Waals surface area contributed by atoms with Crippen molar-refractivity contribution in [3.8, 4) is 0 Å². The zero-order chi connectivity index (χ0) is 10.9. The molecule has 1 atom stereocenters. The summed E-state index contributed by atoms with van der Waals surface area (Å²) >= 11 is 0. The van der Waals surface area contributed by atoms with Crippen molar-refractivity contribution < 1.29 is 47.0 Å². The number of carbonyl (C=O) groups is 1. The zero-order valence-electron chi connectivity index (χ0n) is 9.00. The van der Waals surface area contributed by atoms with Gasteiger partial charge in [0.1, 0.15) is 0 Å². The average Bonchev–Trinajstić information content (AvgIpc) is 2.02. The molecule has 1 unspecified atom stereocenters. The molecular formula is C10H16O3Y+. The molecule has 0 aromatic carbocycles. The molecule has 0 spiro atoms. The molecule has 0 saturated heterocycles. The number of methoxy groups -OCH3 is 1. The van der Waals surface area contributed by atoms with Gasteiger partial charge in [0.15, 0.2) is 0 Å². The fraction of sp³-hybridized carbons (Fsp3) is 0.500. The molecule has 0 aliphatic rings. The van der Waals surface area contributed by atoms with Gasteiger partial charge in [-0.2, -0.15) is 0 Å². The van der Waals surface area contributed by atoms with Crippen LogP contribution in [0.2, 0.25) is 0 Å². The third-order valence-electron chi connectivity index (χ3n) is 0.993. The summed E-state index contributed by atoms with van der Waals surface area (Å²) in [5.41, 5.74) is 0.917. The first-order valence-corrected chi connectivity index (χ1v) is 3.86. The van der Waals surface area contributed by atoms with Crippen LogP contribution in [-0.2, 0) is 47.0 Å². The van der Waals surface area contributed by atoms with Crippen molar-refractivity contribution in [2.24, 2.45) is 5.92 Å². The van der Waals surface area contributed by atoms with E-state index in [2.05, 4.69) is 18.2 Å². The third-order valence-corrected chi connectivity index (χ3v) is 0.993. The summed E-state index contributed by atoms with van der Waals surface area (Å²) in [6.07, 6.45) is 1.75. The minimum absolute atomic E-state index is 0. The minimum Gasteiger partial charge on any atom is -0.542 e. The molecule has 0 bridgehead atoms. The fourth-order valence-electron chi connectivity index (χ4n) is 0.410. The van der Waals surface area contributed by atoms with Gasteiger partial charge in [0.2, 0.25) is 0 Å².